The zero-order chi connectivity index (χ0) is 20.4. The molecule has 0 unspecified atom stereocenters. The molecule has 0 radical (unpaired) electrons. The minimum Gasteiger partial charge on any atom is -0.385 e. The van der Waals surface area contributed by atoms with E-state index in [4.69, 9.17) is 23.7 Å². The summed E-state index contributed by atoms with van der Waals surface area (Å²) >= 11 is 10.5. The van der Waals surface area contributed by atoms with Gasteiger partial charge >= 0.3 is 19.1 Å². The van der Waals surface area contributed by atoms with Crippen LogP contribution in [0.2, 0.25) is 0 Å². The van der Waals surface area contributed by atoms with Crippen LogP contribution >= 0.6 is 23.7 Å². The topological polar surface area (TPSA) is 141 Å². The van der Waals surface area contributed by atoms with E-state index in [1.54, 1.807) is 24.3 Å². The number of rotatable bonds is 8. The summed E-state index contributed by atoms with van der Waals surface area (Å²) in [7, 11) is -2.09. The molecule has 0 aromatic heterocycles. The van der Waals surface area contributed by atoms with Crippen LogP contribution in [0.15, 0.2) is 69.3 Å². The van der Waals surface area contributed by atoms with Gasteiger partial charge < -0.3 is 23.1 Å². The summed E-state index contributed by atoms with van der Waals surface area (Å²) in [6.45, 7) is 0. The van der Waals surface area contributed by atoms with Crippen LogP contribution in [0.5, 0.6) is 11.5 Å². The van der Waals surface area contributed by atoms with Gasteiger partial charge in [0.15, 0.2) is 11.5 Å². The molecule has 11 nitrogen and oxygen atoms in total. The van der Waals surface area contributed by atoms with Gasteiger partial charge in [0, 0.05) is 10.6 Å². The summed E-state index contributed by atoms with van der Waals surface area (Å²) in [5.74, 6) is -1.62. The Bertz CT molecular complexity index is 828. The number of amides is 2. The number of hydrogen-bond acceptors (Lipinski definition) is 9. The number of nitrogens with zero attached hydrogens (tertiary/aromatic N) is 4. The lowest BCUT2D eigenvalue weighted by molar-refractivity contribution is 0.0910. The molecule has 0 heterocycles. The van der Waals surface area contributed by atoms with Crippen molar-refractivity contribution in [1.82, 2.24) is 0 Å². The number of carbonyl (C=O) groups excluding carboxylic acids is 2. The van der Waals surface area contributed by atoms with Gasteiger partial charge in [0.25, 0.3) is 0 Å². The Balaban J connectivity index is 1.86. The Labute approximate surface area is 167 Å². The molecule has 0 saturated carbocycles. The summed E-state index contributed by atoms with van der Waals surface area (Å²) in [6, 6.07) is 11.9. The smallest absolute Gasteiger partial charge is 0.385 e. The fourth-order valence-corrected chi connectivity index (χ4v) is 2.02. The number of hydrogen-bond donors (Lipinski definition) is 1. The average molecular weight is 427 g/mol. The van der Waals surface area contributed by atoms with Gasteiger partial charge in [0.05, 0.1) is 11.1 Å². The van der Waals surface area contributed by atoms with Gasteiger partial charge in [-0.3, -0.25) is 9.59 Å². The van der Waals surface area contributed by atoms with Crippen LogP contribution in [-0.2, 0) is 9.51 Å². The summed E-state index contributed by atoms with van der Waals surface area (Å²) in [4.78, 5) is 23.6. The van der Waals surface area contributed by atoms with Gasteiger partial charge in [-0.05, 0) is 24.3 Å². The lowest BCUT2D eigenvalue weighted by Crippen LogP contribution is -2.17. The summed E-state index contributed by atoms with van der Waals surface area (Å²) < 4.78 is 17.6. The lowest BCUT2D eigenvalue weighted by atomic mass is 10.2. The van der Waals surface area contributed by atoms with Gasteiger partial charge in [0.1, 0.15) is 23.7 Å². The standard InChI is InChI=1S/C14H9BCl2N4O7/c16-25-11-7-3-1-5-9(11)13(22)18-20-27-15(24)28-21-19-14(23)10-6-2-4-8-12(10)26-17/h1-8,24H. The fourth-order valence-electron chi connectivity index (χ4n) is 1.75. The summed E-state index contributed by atoms with van der Waals surface area (Å²) in [5.41, 5.74) is 0.0106. The highest BCUT2D eigenvalue weighted by molar-refractivity contribution is 6.34. The van der Waals surface area contributed by atoms with Crippen molar-refractivity contribution in [2.24, 2.45) is 20.8 Å². The monoisotopic (exact) mass is 426 g/mol. The molecule has 2 rings (SSSR count). The minimum atomic E-state index is -2.09. The van der Waals surface area contributed by atoms with Crippen molar-refractivity contribution in [2.75, 3.05) is 0 Å². The van der Waals surface area contributed by atoms with Gasteiger partial charge in [-0.2, -0.15) is 0 Å². The largest absolute Gasteiger partial charge is 0.831 e. The predicted octanol–water partition coefficient (Wildman–Crippen LogP) is 3.48. The quantitative estimate of drug-likeness (QED) is 0.386. The number of carbonyl (C=O) groups is 2. The van der Waals surface area contributed by atoms with Gasteiger partial charge in [-0.15, -0.1) is 0 Å². The Hall–Kier alpha value is -3.22. The van der Waals surface area contributed by atoms with E-state index in [1.165, 1.54) is 24.3 Å². The third-order valence-corrected chi connectivity index (χ3v) is 3.27. The van der Waals surface area contributed by atoms with Crippen molar-refractivity contribution in [2.45, 2.75) is 0 Å². The molecule has 0 fully saturated rings. The first-order valence-corrected chi connectivity index (χ1v) is 7.84. The predicted molar refractivity (Wildman–Crippen MR) is 94.4 cm³/mol. The molecule has 2 amide bonds. The normalized spacial score (nSPS) is 10.7. The van der Waals surface area contributed by atoms with Crippen LogP contribution in [0.4, 0.5) is 0 Å². The number of para-hydroxylation sites is 2. The second-order valence-electron chi connectivity index (χ2n) is 4.64. The van der Waals surface area contributed by atoms with Crippen molar-refractivity contribution >= 4 is 42.9 Å². The molecule has 144 valence electrons. The van der Waals surface area contributed by atoms with Crippen molar-refractivity contribution in [3.8, 4) is 11.5 Å². The van der Waals surface area contributed by atoms with Gasteiger partial charge in [-0.25, -0.2) is 0 Å². The highest BCUT2D eigenvalue weighted by Crippen LogP contribution is 2.21. The van der Waals surface area contributed by atoms with Gasteiger partial charge in [-0.1, -0.05) is 34.5 Å². The van der Waals surface area contributed by atoms with E-state index in [-0.39, 0.29) is 22.6 Å². The molecule has 1 N–H and O–H groups in total. The van der Waals surface area contributed by atoms with Crippen molar-refractivity contribution < 1.29 is 32.7 Å². The Morgan fingerprint density at radius 1 is 0.786 bits per heavy atom. The maximum Gasteiger partial charge on any atom is 0.831 e. The SMILES string of the molecule is O=C(N=NOB(O)ON=NC(=O)c1ccccc1OCl)c1ccccc1OCl. The van der Waals surface area contributed by atoms with E-state index < -0.39 is 19.1 Å². The summed E-state index contributed by atoms with van der Waals surface area (Å²) in [6.07, 6.45) is 0. The Morgan fingerprint density at radius 3 is 1.57 bits per heavy atom. The van der Waals surface area contributed by atoms with Crippen LogP contribution < -0.4 is 8.58 Å². The maximum absolute atomic E-state index is 11.8. The lowest BCUT2D eigenvalue weighted by Gasteiger charge is -2.01. The first-order chi connectivity index (χ1) is 13.6. The van der Waals surface area contributed by atoms with Crippen LogP contribution in [-0.4, -0.2) is 24.2 Å². The van der Waals surface area contributed by atoms with Crippen LogP contribution in [0, 0.1) is 0 Å². The third-order valence-electron chi connectivity index (χ3n) is 2.94. The second-order valence-corrected chi connectivity index (χ2v) is 4.95. The molecule has 0 aliphatic carbocycles. The Morgan fingerprint density at radius 2 is 1.18 bits per heavy atom. The minimum absolute atomic E-state index is 0.00529. The van der Waals surface area contributed by atoms with Crippen LogP contribution in [0.3, 0.4) is 0 Å². The molecular formula is C14H9BCl2N4O7. The fraction of sp³-hybridized carbons (Fsp3) is 0. The molecule has 2 aromatic carbocycles. The molecule has 0 saturated heterocycles. The zero-order valence-electron chi connectivity index (χ0n) is 13.6. The highest BCUT2D eigenvalue weighted by Gasteiger charge is 2.22. The first kappa shape index (κ1) is 21.1. The molecule has 14 heteroatoms. The van der Waals surface area contributed by atoms with E-state index in [9.17, 15) is 14.6 Å². The van der Waals surface area contributed by atoms with Crippen LogP contribution in [0.25, 0.3) is 0 Å². The Kier molecular flexibility index (Phi) is 8.15. The van der Waals surface area contributed by atoms with E-state index in [0.29, 0.717) is 0 Å². The van der Waals surface area contributed by atoms with E-state index in [0.717, 1.165) is 0 Å². The molecule has 2 aromatic rings. The molecule has 0 bridgehead atoms. The highest BCUT2D eigenvalue weighted by atomic mass is 35.5. The van der Waals surface area contributed by atoms with Crippen molar-refractivity contribution in [1.29, 1.82) is 0 Å². The third kappa shape index (κ3) is 5.91. The molecule has 0 aliphatic rings. The maximum atomic E-state index is 11.8. The van der Waals surface area contributed by atoms with Gasteiger partial charge in [0.2, 0.25) is 0 Å². The van der Waals surface area contributed by atoms with Crippen molar-refractivity contribution in [3.05, 3.63) is 59.7 Å². The van der Waals surface area contributed by atoms with Crippen LogP contribution in [0.1, 0.15) is 20.7 Å². The number of benzene rings is 2. The molecule has 28 heavy (non-hydrogen) atoms. The molecule has 0 aliphatic heterocycles. The van der Waals surface area contributed by atoms with E-state index >= 15 is 0 Å². The van der Waals surface area contributed by atoms with Crippen molar-refractivity contribution in [3.63, 3.8) is 0 Å². The molecule has 0 spiro atoms. The average Bonchev–Trinajstić information content (AvgIpc) is 2.73. The zero-order valence-corrected chi connectivity index (χ0v) is 15.1. The number of halogens is 2. The molecule has 0 atom stereocenters. The first-order valence-electron chi connectivity index (χ1n) is 7.22. The van der Waals surface area contributed by atoms with E-state index in [1.807, 2.05) is 0 Å². The summed E-state index contributed by atoms with van der Waals surface area (Å²) in [5, 5.41) is 21.7. The molecular weight excluding hydrogens is 418 g/mol. The van der Waals surface area contributed by atoms with E-state index in [2.05, 4.69) is 38.9 Å². The second kappa shape index (κ2) is 10.8.